The third-order valence-corrected chi connectivity index (χ3v) is 5.95. The van der Waals surface area contributed by atoms with Gasteiger partial charge < -0.3 is 10.1 Å². The molecule has 1 aliphatic rings. The Morgan fingerprint density at radius 3 is 2.39 bits per heavy atom. The van der Waals surface area contributed by atoms with Crippen LogP contribution < -0.4 is 10.0 Å². The van der Waals surface area contributed by atoms with Gasteiger partial charge in [0.05, 0.1) is 10.6 Å². The Labute approximate surface area is 179 Å². The maximum absolute atomic E-state index is 12.4. The summed E-state index contributed by atoms with van der Waals surface area (Å²) in [7, 11) is -3.73. The number of ether oxygens (including phenoxy) is 1. The number of Topliss-reactive ketones (excluding diaryl/α,β-unsaturated/α-hetero) is 1. The molecule has 0 fully saturated rings. The van der Waals surface area contributed by atoms with Crippen LogP contribution in [0.15, 0.2) is 58.4 Å². The van der Waals surface area contributed by atoms with E-state index in [0.29, 0.717) is 16.8 Å². The number of anilines is 1. The van der Waals surface area contributed by atoms with Crippen molar-refractivity contribution in [3.8, 4) is 0 Å². The van der Waals surface area contributed by atoms with Crippen LogP contribution in [-0.2, 0) is 24.3 Å². The number of carbonyl (C=O) groups is 3. The summed E-state index contributed by atoms with van der Waals surface area (Å²) < 4.78 is 31.8. The molecule has 0 radical (unpaired) electrons. The average Bonchev–Trinajstić information content (AvgIpc) is 2.98. The molecule has 0 saturated carbocycles. The molecule has 3 rings (SSSR count). The highest BCUT2D eigenvalue weighted by Gasteiger charge is 2.31. The molecule has 0 aliphatic carbocycles. The van der Waals surface area contributed by atoms with Crippen molar-refractivity contribution in [2.75, 3.05) is 5.32 Å². The average molecular weight is 443 g/mol. The third-order valence-electron chi connectivity index (χ3n) is 4.55. The molecule has 10 heteroatoms. The summed E-state index contributed by atoms with van der Waals surface area (Å²) >= 11 is 0. The van der Waals surface area contributed by atoms with Crippen molar-refractivity contribution in [2.24, 2.45) is 4.99 Å². The van der Waals surface area contributed by atoms with E-state index in [-0.39, 0.29) is 16.5 Å². The first kappa shape index (κ1) is 22.2. The minimum atomic E-state index is -3.73. The number of benzene rings is 2. The van der Waals surface area contributed by atoms with Crippen molar-refractivity contribution in [1.29, 1.82) is 0 Å². The number of amidine groups is 1. The summed E-state index contributed by atoms with van der Waals surface area (Å²) in [6.45, 7) is 4.20. The van der Waals surface area contributed by atoms with Gasteiger partial charge in [-0.05, 0) is 45.0 Å². The normalized spacial score (nSPS) is 17.2. The lowest BCUT2D eigenvalue weighted by atomic mass is 10.1. The van der Waals surface area contributed by atoms with Crippen LogP contribution in [0.25, 0.3) is 0 Å². The Morgan fingerprint density at radius 2 is 1.68 bits per heavy atom. The number of carbonyl (C=O) groups excluding carboxylic acids is 3. The fourth-order valence-electron chi connectivity index (χ4n) is 2.94. The maximum atomic E-state index is 12.4. The first-order valence-corrected chi connectivity index (χ1v) is 10.9. The lowest BCUT2D eigenvalue weighted by Gasteiger charge is -2.16. The van der Waals surface area contributed by atoms with Crippen LogP contribution in [-0.4, -0.2) is 44.1 Å². The molecular weight excluding hydrogens is 422 g/mol. The van der Waals surface area contributed by atoms with E-state index >= 15 is 0 Å². The standard InChI is InChI=1S/C21H21N3O6S/c1-12(22-19-16-9-5-7-11-18(16)31(28,29)24-19)21(27)30-14(3)20(26)23-17-10-6-4-8-15(17)13(2)25/h4-12,14H,1-3H3,(H,22,24)(H,23,26)/t12-,14?/m0/s1. The van der Waals surface area contributed by atoms with Crippen LogP contribution in [0.5, 0.6) is 0 Å². The van der Waals surface area contributed by atoms with E-state index < -0.39 is 34.0 Å². The number of rotatable bonds is 6. The molecule has 2 N–H and O–H groups in total. The van der Waals surface area contributed by atoms with Gasteiger partial charge in [-0.3, -0.25) is 19.3 Å². The van der Waals surface area contributed by atoms with Crippen LogP contribution in [0.4, 0.5) is 5.69 Å². The van der Waals surface area contributed by atoms with Crippen molar-refractivity contribution in [3.63, 3.8) is 0 Å². The van der Waals surface area contributed by atoms with E-state index in [4.69, 9.17) is 4.74 Å². The molecule has 1 amide bonds. The molecule has 162 valence electrons. The molecule has 9 nitrogen and oxygen atoms in total. The second-order valence-corrected chi connectivity index (χ2v) is 8.58. The lowest BCUT2D eigenvalue weighted by molar-refractivity contribution is -0.154. The zero-order valence-corrected chi connectivity index (χ0v) is 17.9. The van der Waals surface area contributed by atoms with Gasteiger partial charge in [-0.1, -0.05) is 24.3 Å². The number of ketones is 1. The largest absolute Gasteiger partial charge is 0.451 e. The molecule has 1 unspecified atom stereocenters. The van der Waals surface area contributed by atoms with E-state index in [9.17, 15) is 22.8 Å². The van der Waals surface area contributed by atoms with Gasteiger partial charge in [-0.15, -0.1) is 0 Å². The van der Waals surface area contributed by atoms with E-state index in [0.717, 1.165) is 0 Å². The molecule has 2 atom stereocenters. The van der Waals surface area contributed by atoms with Gasteiger partial charge in [-0.2, -0.15) is 0 Å². The smallest absolute Gasteiger partial charge is 0.331 e. The van der Waals surface area contributed by atoms with Crippen molar-refractivity contribution in [3.05, 3.63) is 59.7 Å². The number of hydrogen-bond donors (Lipinski definition) is 2. The summed E-state index contributed by atoms with van der Waals surface area (Å²) in [6.07, 6.45) is -1.16. The summed E-state index contributed by atoms with van der Waals surface area (Å²) in [5.41, 5.74) is 1.00. The van der Waals surface area contributed by atoms with Gasteiger partial charge in [0.2, 0.25) is 0 Å². The Morgan fingerprint density at radius 1 is 1.03 bits per heavy atom. The molecular formula is C21H21N3O6S. The van der Waals surface area contributed by atoms with Gasteiger partial charge in [0.1, 0.15) is 11.9 Å². The van der Waals surface area contributed by atoms with Crippen LogP contribution in [0.2, 0.25) is 0 Å². The number of nitrogens with one attached hydrogen (secondary N) is 2. The highest BCUT2D eigenvalue weighted by Crippen LogP contribution is 2.23. The molecule has 0 spiro atoms. The van der Waals surface area contributed by atoms with Gasteiger partial charge >= 0.3 is 5.97 Å². The van der Waals surface area contributed by atoms with Crippen molar-refractivity contribution in [2.45, 2.75) is 37.8 Å². The molecule has 1 heterocycles. The number of hydrogen-bond acceptors (Lipinski definition) is 7. The molecule has 0 bridgehead atoms. The van der Waals surface area contributed by atoms with Gasteiger partial charge in [0.15, 0.2) is 11.9 Å². The fourth-order valence-corrected chi connectivity index (χ4v) is 4.17. The highest BCUT2D eigenvalue weighted by molar-refractivity contribution is 7.90. The predicted molar refractivity (Wildman–Crippen MR) is 113 cm³/mol. The fraction of sp³-hybridized carbons (Fsp3) is 0.238. The molecule has 2 aromatic carbocycles. The molecule has 0 saturated heterocycles. The number of nitrogens with zero attached hydrogens (tertiary/aromatic N) is 1. The first-order valence-electron chi connectivity index (χ1n) is 9.41. The second-order valence-electron chi connectivity index (χ2n) is 6.93. The zero-order chi connectivity index (χ0) is 22.8. The Balaban J connectivity index is 1.68. The number of fused-ring (bicyclic) bond motifs is 1. The highest BCUT2D eigenvalue weighted by atomic mass is 32.2. The minimum absolute atomic E-state index is 0.0348. The monoisotopic (exact) mass is 443 g/mol. The topological polar surface area (TPSA) is 131 Å². The van der Waals surface area contributed by atoms with E-state index in [1.54, 1.807) is 42.5 Å². The Bertz CT molecular complexity index is 1190. The number of sulfonamides is 1. The summed E-state index contributed by atoms with van der Waals surface area (Å²) in [6, 6.07) is 11.7. The second kappa shape index (κ2) is 8.68. The lowest BCUT2D eigenvalue weighted by Crippen LogP contribution is -2.34. The third kappa shape index (κ3) is 4.80. The molecule has 0 aromatic heterocycles. The van der Waals surface area contributed by atoms with Gasteiger partial charge in [-0.25, -0.2) is 13.2 Å². The number of para-hydroxylation sites is 1. The zero-order valence-electron chi connectivity index (χ0n) is 17.1. The van der Waals surface area contributed by atoms with Crippen molar-refractivity contribution in [1.82, 2.24) is 4.72 Å². The minimum Gasteiger partial charge on any atom is -0.451 e. The van der Waals surface area contributed by atoms with Crippen LogP contribution in [0, 0.1) is 0 Å². The Hall–Kier alpha value is -3.53. The van der Waals surface area contributed by atoms with Crippen molar-refractivity contribution < 1.29 is 27.5 Å². The van der Waals surface area contributed by atoms with E-state index in [1.807, 2.05) is 0 Å². The quantitative estimate of drug-likeness (QED) is 0.518. The summed E-state index contributed by atoms with van der Waals surface area (Å²) in [4.78, 5) is 40.7. The SMILES string of the molecule is CC(=O)c1ccccc1NC(=O)C(C)OC(=O)[C@H](C)N=C1NS(=O)(=O)c2ccccc21. The number of aliphatic imine (C=N–C) groups is 1. The summed E-state index contributed by atoms with van der Waals surface area (Å²) in [5.74, 6) is -1.61. The number of amides is 1. The predicted octanol–water partition coefficient (Wildman–Crippen LogP) is 1.89. The molecule has 31 heavy (non-hydrogen) atoms. The van der Waals surface area contributed by atoms with Crippen LogP contribution in [0.3, 0.4) is 0 Å². The summed E-state index contributed by atoms with van der Waals surface area (Å²) in [5, 5.41) is 2.57. The molecule has 1 aliphatic heterocycles. The first-order chi connectivity index (χ1) is 14.6. The van der Waals surface area contributed by atoms with E-state index in [2.05, 4.69) is 15.0 Å². The van der Waals surface area contributed by atoms with Crippen LogP contribution >= 0.6 is 0 Å². The van der Waals surface area contributed by atoms with Crippen LogP contribution in [0.1, 0.15) is 36.7 Å². The number of esters is 1. The van der Waals surface area contributed by atoms with Gasteiger partial charge in [0, 0.05) is 11.1 Å². The van der Waals surface area contributed by atoms with E-state index in [1.165, 1.54) is 26.8 Å². The van der Waals surface area contributed by atoms with Crippen molar-refractivity contribution >= 4 is 39.2 Å². The molecule has 2 aromatic rings. The van der Waals surface area contributed by atoms with Gasteiger partial charge in [0.25, 0.3) is 15.9 Å². The maximum Gasteiger partial charge on any atom is 0.331 e. The Kier molecular flexibility index (Phi) is 6.21.